The number of aryl methyl sites for hydroxylation is 1. The van der Waals surface area contributed by atoms with Crippen LogP contribution in [0.1, 0.15) is 63.5 Å². The van der Waals surface area contributed by atoms with E-state index >= 15 is 0 Å². The summed E-state index contributed by atoms with van der Waals surface area (Å²) in [5.41, 5.74) is 3.40. The number of likely N-dealkylation sites (tertiary alicyclic amines) is 1. The number of ether oxygens (including phenoxy) is 3. The first-order valence-corrected chi connectivity index (χ1v) is 12.5. The van der Waals surface area contributed by atoms with Gasteiger partial charge in [-0.15, -0.1) is 0 Å². The molecule has 2 saturated heterocycles. The number of hydrogen-bond acceptors (Lipinski definition) is 5. The van der Waals surface area contributed by atoms with E-state index in [2.05, 4.69) is 55.3 Å². The molecule has 0 amide bonds. The van der Waals surface area contributed by atoms with Gasteiger partial charge in [-0.1, -0.05) is 19.4 Å². The van der Waals surface area contributed by atoms with Gasteiger partial charge in [0.25, 0.3) is 0 Å². The van der Waals surface area contributed by atoms with Crippen LogP contribution in [0.15, 0.2) is 24.8 Å². The van der Waals surface area contributed by atoms with Crippen molar-refractivity contribution in [2.75, 3.05) is 39.9 Å². The predicted molar refractivity (Wildman–Crippen MR) is 130 cm³/mol. The second-order valence-corrected chi connectivity index (χ2v) is 10.3. The minimum atomic E-state index is -0.0499. The normalized spacial score (nSPS) is 24.4. The Morgan fingerprint density at radius 3 is 2.56 bits per heavy atom. The van der Waals surface area contributed by atoms with Crippen LogP contribution in [0.2, 0.25) is 0 Å². The predicted octanol–water partition coefficient (Wildman–Crippen LogP) is 4.88. The molecule has 1 spiro atoms. The molecule has 4 rings (SSSR count). The minimum Gasteiger partial charge on any atom is -0.491 e. The van der Waals surface area contributed by atoms with E-state index in [4.69, 9.17) is 14.2 Å². The maximum Gasteiger partial charge on any atom is 0.122 e. The monoisotopic (exact) mass is 442 g/mol. The molecule has 2 aliphatic heterocycles. The lowest BCUT2D eigenvalue weighted by atomic mass is 9.87. The summed E-state index contributed by atoms with van der Waals surface area (Å²) in [4.78, 5) is 5.16. The van der Waals surface area contributed by atoms with Crippen LogP contribution in [-0.4, -0.2) is 73.5 Å². The Bertz CT molecular complexity index is 779. The van der Waals surface area contributed by atoms with Gasteiger partial charge in [-0.3, -0.25) is 4.90 Å². The molecule has 3 aliphatic rings. The number of nitrogens with zero attached hydrogens (tertiary/aromatic N) is 2. The maximum absolute atomic E-state index is 6.71. The van der Waals surface area contributed by atoms with Crippen LogP contribution in [0.25, 0.3) is 5.70 Å². The summed E-state index contributed by atoms with van der Waals surface area (Å²) in [7, 11) is 1.79. The lowest BCUT2D eigenvalue weighted by molar-refractivity contribution is -0.191. The quantitative estimate of drug-likeness (QED) is 0.601. The van der Waals surface area contributed by atoms with Crippen molar-refractivity contribution in [1.29, 1.82) is 0 Å². The molecule has 1 saturated carbocycles. The van der Waals surface area contributed by atoms with Gasteiger partial charge in [0.2, 0.25) is 0 Å². The summed E-state index contributed by atoms with van der Waals surface area (Å²) in [5, 5.41) is 0. The third kappa shape index (κ3) is 5.32. The Kier molecular flexibility index (Phi) is 7.48. The highest BCUT2D eigenvalue weighted by Gasteiger charge is 2.45. The first kappa shape index (κ1) is 23.6. The standard InChI is InChI=1S/C27H42N2O3/c1-20(2)31-26-11-10-23(16-21(26)3)22(4)28-14-12-27(13-15-28)19-29(24-8-6-7-9-24)17-25(32-27)18-30-5/h10-11,16,20,24-25H,4,6-9,12-15,17-19H2,1-3,5H3. The number of rotatable bonds is 7. The van der Waals surface area contributed by atoms with E-state index in [9.17, 15) is 0 Å². The Morgan fingerprint density at radius 2 is 1.94 bits per heavy atom. The van der Waals surface area contributed by atoms with Crippen molar-refractivity contribution < 1.29 is 14.2 Å². The SMILES string of the molecule is C=C(c1ccc(OC(C)C)c(C)c1)N1CCC2(CC1)CN(C1CCCC1)CC(COC)O2. The fourth-order valence-electron chi connectivity index (χ4n) is 5.80. The fraction of sp³-hybridized carbons (Fsp3) is 0.704. The summed E-state index contributed by atoms with van der Waals surface area (Å²) < 4.78 is 18.1. The Labute approximate surface area is 194 Å². The van der Waals surface area contributed by atoms with Crippen molar-refractivity contribution in [2.45, 2.75) is 83.1 Å². The van der Waals surface area contributed by atoms with E-state index in [-0.39, 0.29) is 17.8 Å². The largest absolute Gasteiger partial charge is 0.491 e. The summed E-state index contributed by atoms with van der Waals surface area (Å²) in [6.45, 7) is 15.4. The van der Waals surface area contributed by atoms with Crippen molar-refractivity contribution in [3.63, 3.8) is 0 Å². The minimum absolute atomic E-state index is 0.0499. The van der Waals surface area contributed by atoms with E-state index in [1.807, 2.05) is 0 Å². The number of hydrogen-bond donors (Lipinski definition) is 0. The molecule has 1 aromatic carbocycles. The molecule has 2 heterocycles. The highest BCUT2D eigenvalue weighted by molar-refractivity contribution is 5.64. The van der Waals surface area contributed by atoms with Crippen molar-refractivity contribution in [1.82, 2.24) is 9.80 Å². The summed E-state index contributed by atoms with van der Waals surface area (Å²) in [6.07, 6.45) is 7.88. The lowest BCUT2D eigenvalue weighted by Crippen LogP contribution is -2.61. The van der Waals surface area contributed by atoms with Gasteiger partial charge in [0.05, 0.1) is 24.4 Å². The molecule has 1 atom stereocenters. The Morgan fingerprint density at radius 1 is 1.22 bits per heavy atom. The second kappa shape index (κ2) is 10.1. The fourth-order valence-corrected chi connectivity index (χ4v) is 5.80. The number of methoxy groups -OCH3 is 1. The zero-order valence-corrected chi connectivity index (χ0v) is 20.6. The van der Waals surface area contributed by atoms with E-state index < -0.39 is 0 Å². The van der Waals surface area contributed by atoms with Crippen LogP contribution in [0, 0.1) is 6.92 Å². The van der Waals surface area contributed by atoms with Crippen LogP contribution in [0.5, 0.6) is 5.75 Å². The van der Waals surface area contributed by atoms with Gasteiger partial charge in [0, 0.05) is 45.0 Å². The van der Waals surface area contributed by atoms with Crippen LogP contribution in [-0.2, 0) is 9.47 Å². The van der Waals surface area contributed by atoms with Crippen molar-refractivity contribution in [2.24, 2.45) is 0 Å². The van der Waals surface area contributed by atoms with Crippen molar-refractivity contribution in [3.8, 4) is 5.75 Å². The average molecular weight is 443 g/mol. The summed E-state index contributed by atoms with van der Waals surface area (Å²) in [5.74, 6) is 0.959. The molecule has 32 heavy (non-hydrogen) atoms. The molecule has 0 bridgehead atoms. The molecule has 1 aromatic rings. The van der Waals surface area contributed by atoms with E-state index in [0.29, 0.717) is 6.61 Å². The number of benzene rings is 1. The number of piperidine rings is 1. The van der Waals surface area contributed by atoms with Crippen LogP contribution < -0.4 is 4.74 Å². The summed E-state index contributed by atoms with van der Waals surface area (Å²) >= 11 is 0. The van der Waals surface area contributed by atoms with Crippen molar-refractivity contribution >= 4 is 5.70 Å². The molecule has 0 radical (unpaired) electrons. The van der Waals surface area contributed by atoms with Gasteiger partial charge in [-0.2, -0.15) is 0 Å². The van der Waals surface area contributed by atoms with Gasteiger partial charge in [0.15, 0.2) is 0 Å². The highest BCUT2D eigenvalue weighted by atomic mass is 16.5. The van der Waals surface area contributed by atoms with Crippen LogP contribution in [0.3, 0.4) is 0 Å². The summed E-state index contributed by atoms with van der Waals surface area (Å²) in [6, 6.07) is 7.17. The van der Waals surface area contributed by atoms with Crippen LogP contribution in [0.4, 0.5) is 0 Å². The van der Waals surface area contributed by atoms with Gasteiger partial charge >= 0.3 is 0 Å². The highest BCUT2D eigenvalue weighted by Crippen LogP contribution is 2.37. The lowest BCUT2D eigenvalue weighted by Gasteiger charge is -2.52. The molecular weight excluding hydrogens is 400 g/mol. The zero-order valence-electron chi connectivity index (χ0n) is 20.6. The smallest absolute Gasteiger partial charge is 0.122 e. The molecule has 3 fully saturated rings. The number of morpholine rings is 1. The third-order valence-corrected chi connectivity index (χ3v) is 7.47. The molecule has 0 N–H and O–H groups in total. The first-order valence-electron chi connectivity index (χ1n) is 12.5. The molecule has 1 aliphatic carbocycles. The van der Waals surface area contributed by atoms with E-state index in [1.54, 1.807) is 7.11 Å². The molecule has 178 valence electrons. The second-order valence-electron chi connectivity index (χ2n) is 10.3. The molecule has 0 aromatic heterocycles. The first-order chi connectivity index (χ1) is 15.4. The zero-order chi connectivity index (χ0) is 22.7. The molecule has 1 unspecified atom stereocenters. The third-order valence-electron chi connectivity index (χ3n) is 7.47. The van der Waals surface area contributed by atoms with Crippen molar-refractivity contribution in [3.05, 3.63) is 35.9 Å². The maximum atomic E-state index is 6.71. The molecule has 5 nitrogen and oxygen atoms in total. The van der Waals surface area contributed by atoms with Crippen LogP contribution >= 0.6 is 0 Å². The van der Waals surface area contributed by atoms with Gasteiger partial charge < -0.3 is 19.1 Å². The van der Waals surface area contributed by atoms with E-state index in [1.165, 1.54) is 31.2 Å². The Hall–Kier alpha value is -1.56. The van der Waals surface area contributed by atoms with Gasteiger partial charge in [0.1, 0.15) is 5.75 Å². The average Bonchev–Trinajstić information content (AvgIpc) is 3.30. The van der Waals surface area contributed by atoms with E-state index in [0.717, 1.165) is 62.1 Å². The molecular formula is C27H42N2O3. The van der Waals surface area contributed by atoms with Gasteiger partial charge in [-0.05, 0) is 75.8 Å². The van der Waals surface area contributed by atoms with Gasteiger partial charge in [-0.25, -0.2) is 0 Å². The molecule has 5 heteroatoms. The topological polar surface area (TPSA) is 34.2 Å². The Balaban J connectivity index is 1.40.